The SMILES string of the molecule is O=C(N[C@H]1CN2CCC1CC2)c1cc2c(Cl)ccn2cn1. The standard InChI is InChI=1S/C15H17ClN4O/c16-11-3-6-20-9-17-12(7-14(11)20)15(21)18-13-8-19-4-1-10(13)2-5-19/h3,6-7,9-10,13H,1-2,4-5,8H2,(H,18,21)/t13-/m0/s1. The fourth-order valence-corrected chi connectivity index (χ4v) is 3.67. The van der Waals surface area contributed by atoms with Gasteiger partial charge in [-0.3, -0.25) is 4.79 Å². The van der Waals surface area contributed by atoms with E-state index in [1.807, 2.05) is 10.6 Å². The number of carbonyl (C=O) groups excluding carboxylic acids is 1. The number of nitrogens with zero attached hydrogens (tertiary/aromatic N) is 3. The van der Waals surface area contributed by atoms with Crippen LogP contribution in [0.15, 0.2) is 24.7 Å². The molecule has 2 aromatic rings. The number of hydrogen-bond acceptors (Lipinski definition) is 3. The second-order valence-corrected chi connectivity index (χ2v) is 6.36. The molecule has 1 atom stereocenters. The van der Waals surface area contributed by atoms with E-state index in [-0.39, 0.29) is 11.9 Å². The van der Waals surface area contributed by atoms with Crippen LogP contribution in [0.3, 0.4) is 0 Å². The van der Waals surface area contributed by atoms with Gasteiger partial charge in [0, 0.05) is 18.8 Å². The molecule has 5 nitrogen and oxygen atoms in total. The summed E-state index contributed by atoms with van der Waals surface area (Å²) in [5.41, 5.74) is 1.24. The van der Waals surface area contributed by atoms with E-state index in [1.165, 1.54) is 25.9 Å². The van der Waals surface area contributed by atoms with Crippen molar-refractivity contribution in [3.63, 3.8) is 0 Å². The van der Waals surface area contributed by atoms with Crippen molar-refractivity contribution in [1.29, 1.82) is 0 Å². The van der Waals surface area contributed by atoms with Gasteiger partial charge in [0.15, 0.2) is 0 Å². The number of aromatic nitrogens is 2. The summed E-state index contributed by atoms with van der Waals surface area (Å²) in [4.78, 5) is 19.1. The van der Waals surface area contributed by atoms with E-state index in [1.54, 1.807) is 18.5 Å². The fourth-order valence-electron chi connectivity index (χ4n) is 3.47. The smallest absolute Gasteiger partial charge is 0.270 e. The molecule has 0 aromatic carbocycles. The highest BCUT2D eigenvalue weighted by Gasteiger charge is 2.35. The Balaban J connectivity index is 1.54. The molecule has 0 unspecified atom stereocenters. The molecule has 2 bridgehead atoms. The molecule has 0 spiro atoms. The molecule has 6 heteroatoms. The second-order valence-electron chi connectivity index (χ2n) is 5.95. The predicted molar refractivity (Wildman–Crippen MR) is 80.6 cm³/mol. The highest BCUT2D eigenvalue weighted by Crippen LogP contribution is 2.27. The van der Waals surface area contributed by atoms with Crippen molar-refractivity contribution >= 4 is 23.0 Å². The van der Waals surface area contributed by atoms with E-state index in [0.29, 0.717) is 16.6 Å². The average Bonchev–Trinajstić information content (AvgIpc) is 2.89. The predicted octanol–water partition coefficient (Wildman–Crippen LogP) is 1.81. The van der Waals surface area contributed by atoms with E-state index in [2.05, 4.69) is 15.2 Å². The fraction of sp³-hybridized carbons (Fsp3) is 0.467. The molecule has 110 valence electrons. The first-order valence-electron chi connectivity index (χ1n) is 7.36. The molecule has 3 aliphatic rings. The van der Waals surface area contributed by atoms with Gasteiger partial charge in [-0.2, -0.15) is 0 Å². The molecule has 3 aliphatic heterocycles. The normalized spacial score (nSPS) is 28.0. The summed E-state index contributed by atoms with van der Waals surface area (Å²) in [5, 5.41) is 3.78. The molecule has 0 radical (unpaired) electrons. The molecular formula is C15H17ClN4O. The molecule has 0 saturated carbocycles. The average molecular weight is 305 g/mol. The molecule has 5 heterocycles. The number of halogens is 1. The minimum atomic E-state index is -0.103. The maximum absolute atomic E-state index is 12.4. The number of piperidine rings is 3. The molecule has 5 rings (SSSR count). The number of rotatable bonds is 2. The molecule has 1 amide bonds. The van der Waals surface area contributed by atoms with E-state index in [0.717, 1.165) is 12.1 Å². The largest absolute Gasteiger partial charge is 0.346 e. The van der Waals surface area contributed by atoms with Crippen molar-refractivity contribution in [2.45, 2.75) is 18.9 Å². The van der Waals surface area contributed by atoms with Crippen molar-refractivity contribution in [3.05, 3.63) is 35.4 Å². The van der Waals surface area contributed by atoms with E-state index in [9.17, 15) is 4.79 Å². The number of hydrogen-bond donors (Lipinski definition) is 1. The minimum Gasteiger partial charge on any atom is -0.346 e. The number of amides is 1. The van der Waals surface area contributed by atoms with Crippen LogP contribution in [0.5, 0.6) is 0 Å². The Morgan fingerprint density at radius 3 is 2.90 bits per heavy atom. The molecule has 21 heavy (non-hydrogen) atoms. The second kappa shape index (κ2) is 5.00. The van der Waals surface area contributed by atoms with E-state index >= 15 is 0 Å². The first-order chi connectivity index (χ1) is 10.2. The van der Waals surface area contributed by atoms with Crippen LogP contribution in [0, 0.1) is 5.92 Å². The quantitative estimate of drug-likeness (QED) is 0.920. The maximum Gasteiger partial charge on any atom is 0.270 e. The third-order valence-electron chi connectivity index (χ3n) is 4.70. The van der Waals surface area contributed by atoms with Crippen LogP contribution in [-0.2, 0) is 0 Å². The minimum absolute atomic E-state index is 0.103. The first kappa shape index (κ1) is 13.1. The summed E-state index contributed by atoms with van der Waals surface area (Å²) in [5.74, 6) is 0.507. The summed E-state index contributed by atoms with van der Waals surface area (Å²) in [6.45, 7) is 3.30. The van der Waals surface area contributed by atoms with Crippen LogP contribution in [0.25, 0.3) is 5.52 Å². The van der Waals surface area contributed by atoms with Gasteiger partial charge in [0.05, 0.1) is 10.5 Å². The van der Waals surface area contributed by atoms with Gasteiger partial charge in [-0.15, -0.1) is 0 Å². The number of nitrogens with one attached hydrogen (secondary N) is 1. The van der Waals surface area contributed by atoms with Gasteiger partial charge in [-0.25, -0.2) is 4.98 Å². The van der Waals surface area contributed by atoms with Crippen LogP contribution < -0.4 is 5.32 Å². The summed E-state index contributed by atoms with van der Waals surface area (Å²) >= 11 is 6.11. The molecule has 3 fully saturated rings. The van der Waals surface area contributed by atoms with Crippen molar-refractivity contribution in [3.8, 4) is 0 Å². The Kier molecular flexibility index (Phi) is 3.12. The monoisotopic (exact) mass is 304 g/mol. The van der Waals surface area contributed by atoms with Crippen LogP contribution in [0.1, 0.15) is 23.3 Å². The van der Waals surface area contributed by atoms with Crippen LogP contribution in [-0.4, -0.2) is 45.9 Å². The van der Waals surface area contributed by atoms with Crippen LogP contribution >= 0.6 is 11.6 Å². The van der Waals surface area contributed by atoms with Gasteiger partial charge in [0.25, 0.3) is 5.91 Å². The van der Waals surface area contributed by atoms with Gasteiger partial charge in [-0.1, -0.05) is 11.6 Å². The van der Waals surface area contributed by atoms with Crippen molar-refractivity contribution in [2.75, 3.05) is 19.6 Å². The lowest BCUT2D eigenvalue weighted by Crippen LogP contribution is -2.57. The Morgan fingerprint density at radius 1 is 1.38 bits per heavy atom. The third kappa shape index (κ3) is 2.30. The van der Waals surface area contributed by atoms with Crippen LogP contribution in [0.2, 0.25) is 5.02 Å². The van der Waals surface area contributed by atoms with Crippen molar-refractivity contribution in [2.24, 2.45) is 5.92 Å². The van der Waals surface area contributed by atoms with Gasteiger partial charge in [-0.05, 0) is 44.0 Å². The molecule has 3 saturated heterocycles. The zero-order valence-corrected chi connectivity index (χ0v) is 12.4. The zero-order valence-electron chi connectivity index (χ0n) is 11.6. The maximum atomic E-state index is 12.4. The lowest BCUT2D eigenvalue weighted by molar-refractivity contribution is 0.0617. The summed E-state index contributed by atoms with van der Waals surface area (Å²) in [6.07, 6.45) is 5.83. The lowest BCUT2D eigenvalue weighted by Gasteiger charge is -2.44. The van der Waals surface area contributed by atoms with Gasteiger partial charge in [0.2, 0.25) is 0 Å². The Morgan fingerprint density at radius 2 is 2.19 bits per heavy atom. The molecule has 0 aliphatic carbocycles. The zero-order chi connectivity index (χ0) is 14.4. The lowest BCUT2D eigenvalue weighted by atomic mass is 9.84. The van der Waals surface area contributed by atoms with Gasteiger partial charge >= 0.3 is 0 Å². The van der Waals surface area contributed by atoms with Crippen molar-refractivity contribution < 1.29 is 4.79 Å². The summed E-state index contributed by atoms with van der Waals surface area (Å²) < 4.78 is 1.81. The number of fused-ring (bicyclic) bond motifs is 4. The first-order valence-corrected chi connectivity index (χ1v) is 7.74. The Hall–Kier alpha value is -1.59. The third-order valence-corrected chi connectivity index (χ3v) is 5.02. The van der Waals surface area contributed by atoms with Gasteiger partial charge in [0.1, 0.15) is 12.0 Å². The highest BCUT2D eigenvalue weighted by molar-refractivity contribution is 6.34. The summed E-state index contributed by atoms with van der Waals surface area (Å²) in [7, 11) is 0. The highest BCUT2D eigenvalue weighted by atomic mass is 35.5. The number of carbonyl (C=O) groups is 1. The summed E-state index contributed by atoms with van der Waals surface area (Å²) in [6, 6.07) is 3.80. The molecular weight excluding hydrogens is 288 g/mol. The van der Waals surface area contributed by atoms with Crippen LogP contribution in [0.4, 0.5) is 0 Å². The van der Waals surface area contributed by atoms with Gasteiger partial charge < -0.3 is 14.6 Å². The Bertz CT molecular complexity index is 690. The van der Waals surface area contributed by atoms with E-state index in [4.69, 9.17) is 11.6 Å². The van der Waals surface area contributed by atoms with Crippen molar-refractivity contribution in [1.82, 2.24) is 19.6 Å². The molecule has 2 aromatic heterocycles. The Labute approximate surface area is 127 Å². The topological polar surface area (TPSA) is 49.6 Å². The van der Waals surface area contributed by atoms with E-state index < -0.39 is 0 Å². The molecule has 1 N–H and O–H groups in total.